The van der Waals surface area contributed by atoms with Crippen LogP contribution < -0.4 is 55.9 Å². The van der Waals surface area contributed by atoms with E-state index in [1.807, 2.05) is 33.8 Å². The Labute approximate surface area is 661 Å². The number of nitrogens with one attached hydrogen (secondary N) is 3. The van der Waals surface area contributed by atoms with Crippen LogP contribution in [-0.4, -0.2) is 176 Å². The zero-order valence-corrected chi connectivity index (χ0v) is 71.7. The molecule has 10 heterocycles. The Morgan fingerprint density at radius 1 is 0.555 bits per heavy atom. The van der Waals surface area contributed by atoms with Gasteiger partial charge < -0.3 is 98.2 Å². The molecule has 0 aliphatic carbocycles. The maximum absolute atomic E-state index is 12.4. The topological polar surface area (TPSA) is 430 Å². The summed E-state index contributed by atoms with van der Waals surface area (Å²) in [7, 11) is 1.06. The van der Waals surface area contributed by atoms with Crippen LogP contribution in [0.25, 0.3) is 0 Å². The largest absolute Gasteiger partial charge is 2.00 e. The summed E-state index contributed by atoms with van der Waals surface area (Å²) < 4.78 is 60.4. The summed E-state index contributed by atoms with van der Waals surface area (Å²) in [6.07, 6.45) is 11.2. The number of nitriles is 1. The normalized spacial score (nSPS) is 24.9. The minimum absolute atomic E-state index is 0. The van der Waals surface area contributed by atoms with Gasteiger partial charge in [-0.1, -0.05) is 83.1 Å². The Hall–Kier alpha value is -6.23. The Kier molecular flexibility index (Phi) is 41.7. The molecule has 0 aromatic carbocycles. The molecule has 16 atom stereocenters. The molecule has 622 valence electrons. The first-order valence-electron chi connectivity index (χ1n) is 37.4. The van der Waals surface area contributed by atoms with E-state index in [1.165, 1.54) is 30.5 Å². The number of aliphatic hydroxyl groups is 3. The second kappa shape index (κ2) is 46.8. The van der Waals surface area contributed by atoms with E-state index in [4.69, 9.17) is 63.4 Å². The number of rotatable bonds is 22. The van der Waals surface area contributed by atoms with Crippen LogP contribution in [0.3, 0.4) is 0 Å². The summed E-state index contributed by atoms with van der Waals surface area (Å²) >= 11 is 0. The number of nitrogen functional groups attached to an aromatic ring is 2. The number of hydrogen-bond acceptors (Lipinski definition) is 28. The first-order chi connectivity index (χ1) is 51.4. The van der Waals surface area contributed by atoms with Gasteiger partial charge in [0.15, 0.2) is 25.7 Å². The van der Waals surface area contributed by atoms with E-state index in [-0.39, 0.29) is 126 Å². The van der Waals surface area contributed by atoms with Crippen molar-refractivity contribution in [2.45, 2.75) is 276 Å². The molecule has 110 heavy (non-hydrogen) atoms. The first kappa shape index (κ1) is 98.0. The standard InChI is InChI=1S/C21H41N3O4Si2.C14H21N4O4P.C12H19N3O2.C11H17N3O3.C9H13N3O4.2C3H7.Ni/c1-20(2,3)29(7,8)26-14-16-15(28-30(9,10)21(4,5)6)13-18(27-16)24-12-11-17(22)23-19(24)25;1-3-10-11(22-23-20-8-4-6-15)9-13(21-10)18-7-5-12(16-2)17-14(18)19;1-4-9-8(2)7-11(17-9)15-6-5-10(13-3)14-12(15)16;1-3-8-7(15)6-10(17-8)14-5-4-9(12-2)13-11(14)16;10-7-1-2-12(9(15)11-7)8-3-5(14)6(4-13)16-8;2*1-3-2;/h11-12,15-16,18H,13-14H2,1-10H3,(H2,22,23,25);5,7,10-11,13,23H,3-4,8-9H2,1-2H3,(H,16,17,19);5-6,8-9,11H,4,7H2,1-3H3,(H,13,14,16);4-5,7-8,10,15H,3,6H2,1-2H3,(H,12,13,16);1-2,5-6,8,13-14H,3-4H2,(H2,10,11,15);2*1,3H2,2H3;/q;;;;;2*-1;+2/t15-,16-,18-;10-,11-,13-;8-,9-,11-;7-,8-,10-;5-,6-,8-;;;/m11111.../s1. The van der Waals surface area contributed by atoms with Gasteiger partial charge in [-0.15, -0.1) is 0 Å². The van der Waals surface area contributed by atoms with Gasteiger partial charge >= 0.3 is 44.9 Å². The third-order valence-electron chi connectivity index (χ3n) is 19.5. The van der Waals surface area contributed by atoms with Crippen molar-refractivity contribution in [3.63, 3.8) is 0 Å². The van der Waals surface area contributed by atoms with Crippen LogP contribution in [0.15, 0.2) is 85.3 Å². The fourth-order valence-electron chi connectivity index (χ4n) is 11.2. The molecular weight excluding hydrogens is 1520 g/mol. The Morgan fingerprint density at radius 2 is 0.900 bits per heavy atom. The molecule has 5 fully saturated rings. The summed E-state index contributed by atoms with van der Waals surface area (Å²) in [6.45, 7) is 42.0. The minimum atomic E-state index is -2.02. The van der Waals surface area contributed by atoms with Crippen LogP contribution in [0, 0.1) is 31.1 Å². The molecule has 10 rings (SSSR count). The van der Waals surface area contributed by atoms with Crippen molar-refractivity contribution >= 4 is 54.8 Å². The van der Waals surface area contributed by atoms with E-state index in [0.717, 1.165) is 38.5 Å². The Bertz CT molecular complexity index is 3810. The molecule has 0 saturated carbocycles. The van der Waals surface area contributed by atoms with E-state index in [1.54, 1.807) is 74.8 Å². The van der Waals surface area contributed by atoms with E-state index in [9.17, 15) is 34.2 Å². The quantitative estimate of drug-likeness (QED) is 0.0138. The second-order valence-corrected chi connectivity index (χ2v) is 39.9. The van der Waals surface area contributed by atoms with Gasteiger partial charge in [0.25, 0.3) is 0 Å². The Balaban J connectivity index is 0.000000355. The number of nitrogens with two attached hydrogens (primary N) is 2. The number of aliphatic hydroxyl groups excluding tert-OH is 3. The van der Waals surface area contributed by atoms with Gasteiger partial charge in [-0.2, -0.15) is 43.0 Å². The maximum atomic E-state index is 12.4. The predicted octanol–water partition coefficient (Wildman–Crippen LogP) is 9.22. The fraction of sp³-hybridized carbons (Fsp3) is 0.685. The van der Waals surface area contributed by atoms with Gasteiger partial charge in [0, 0.05) is 77.8 Å². The molecule has 0 bridgehead atoms. The smallest absolute Gasteiger partial charge is 0.414 e. The number of anilines is 5. The molecule has 10 N–H and O–H groups in total. The van der Waals surface area contributed by atoms with E-state index in [2.05, 4.69) is 136 Å². The van der Waals surface area contributed by atoms with Gasteiger partial charge in [-0.25, -0.2) is 24.0 Å². The summed E-state index contributed by atoms with van der Waals surface area (Å²) in [6, 6.07) is 10.3. The van der Waals surface area contributed by atoms with Crippen molar-refractivity contribution in [2.75, 3.05) is 68.4 Å². The van der Waals surface area contributed by atoms with E-state index in [0.29, 0.717) is 62.3 Å². The summed E-state index contributed by atoms with van der Waals surface area (Å²) in [5, 5.41) is 45.3. The first-order valence-corrected chi connectivity index (χ1v) is 44.1. The molecule has 37 heteroatoms. The van der Waals surface area contributed by atoms with Crippen molar-refractivity contribution in [3.05, 3.63) is 128 Å². The molecule has 5 aliphatic rings. The molecule has 0 radical (unpaired) electrons. The van der Waals surface area contributed by atoms with Crippen molar-refractivity contribution in [2.24, 2.45) is 5.92 Å². The van der Waals surface area contributed by atoms with Crippen molar-refractivity contribution in [1.29, 1.82) is 5.26 Å². The van der Waals surface area contributed by atoms with Crippen LogP contribution in [0.4, 0.5) is 29.1 Å². The Morgan fingerprint density at radius 3 is 1.25 bits per heavy atom. The number of ether oxygens (including phenoxy) is 5. The zero-order valence-electron chi connectivity index (χ0n) is 67.7. The summed E-state index contributed by atoms with van der Waals surface area (Å²) in [5.74, 6) is 2.47. The maximum Gasteiger partial charge on any atom is 2.00 e. The molecule has 33 nitrogen and oxygen atoms in total. The molecule has 5 aromatic heterocycles. The van der Waals surface area contributed by atoms with Crippen LogP contribution in [0.2, 0.25) is 36.3 Å². The molecular formula is C73H125N16NiO17PSi2. The SMILES string of the molecule is CC(C)(C)[Si](C)(C)OC[C@H]1O[C@@H](n2ccc(N)nc2=O)C[C@H]1O[Si](C)(C)C(C)(C)C.CC[C@H]1O[C@@H](n2ccc(NC)nc2=O)C[C@H]1C.CC[C@H]1O[C@@H](n2ccc(NC)nc2=O)C[C@H]1O.CC[C@H]1O[C@@H](n2ccc(NC)nc2=O)C[C@H]1OPOCCC#N.Nc1ccn([C@H]2C[C@@H](O)[C@@H](CO)O2)c(=O)n1.[CH2-]CC.[CH2-]CC.[Ni+2]. The molecule has 5 aliphatic heterocycles. The second-order valence-electron chi connectivity index (χ2n) is 29.7. The van der Waals surface area contributed by atoms with Crippen molar-refractivity contribution in [1.82, 2.24) is 47.8 Å². The van der Waals surface area contributed by atoms with Gasteiger partial charge in [0.2, 0.25) is 0 Å². The van der Waals surface area contributed by atoms with Crippen LogP contribution in [0.1, 0.15) is 185 Å². The zero-order chi connectivity index (χ0) is 81.7. The van der Waals surface area contributed by atoms with Crippen LogP contribution >= 0.6 is 9.03 Å². The van der Waals surface area contributed by atoms with Gasteiger partial charge in [-0.3, -0.25) is 22.8 Å². The van der Waals surface area contributed by atoms with Crippen LogP contribution in [0.5, 0.6) is 0 Å². The van der Waals surface area contributed by atoms with Gasteiger partial charge in [-0.05, 0) is 98.2 Å². The molecule has 1 unspecified atom stereocenters. The molecule has 0 amide bonds. The van der Waals surface area contributed by atoms with E-state index >= 15 is 0 Å². The van der Waals surface area contributed by atoms with Gasteiger partial charge in [0.05, 0.1) is 75.0 Å². The summed E-state index contributed by atoms with van der Waals surface area (Å²) in [5.41, 5.74) is 9.08. The molecule has 0 spiro atoms. The monoisotopic (exact) mass is 1640 g/mol. The third-order valence-corrected chi connectivity index (χ3v) is 29.2. The van der Waals surface area contributed by atoms with E-state index < -0.39 is 65.0 Å². The van der Waals surface area contributed by atoms with Crippen molar-refractivity contribution in [3.8, 4) is 6.07 Å². The average molecular weight is 1640 g/mol. The van der Waals surface area contributed by atoms with Crippen LogP contribution in [-0.2, 0) is 58.1 Å². The van der Waals surface area contributed by atoms with Gasteiger partial charge in [0.1, 0.15) is 72.4 Å². The number of hydrogen-bond donors (Lipinski definition) is 8. The average Bonchev–Trinajstić information content (AvgIpc) is 1.61. The molecule has 5 aromatic rings. The molecule has 5 saturated heterocycles. The number of nitrogens with zero attached hydrogens (tertiary/aromatic N) is 11. The predicted molar refractivity (Wildman–Crippen MR) is 428 cm³/mol. The fourth-order valence-corrected chi connectivity index (χ4v) is 14.2. The minimum Gasteiger partial charge on any atom is -0.414 e. The summed E-state index contributed by atoms with van der Waals surface area (Å²) in [4.78, 5) is 78.6. The van der Waals surface area contributed by atoms with Crippen molar-refractivity contribution < 1.29 is 73.4 Å². The third kappa shape index (κ3) is 29.0. The number of aromatic nitrogens is 10.